The van der Waals surface area contributed by atoms with E-state index in [4.69, 9.17) is 4.74 Å². The number of hydrogen-bond donors (Lipinski definition) is 0. The van der Waals surface area contributed by atoms with Gasteiger partial charge in [0.05, 0.1) is 6.61 Å². The molecule has 0 spiro atoms. The van der Waals surface area contributed by atoms with Crippen LogP contribution in [0.15, 0.2) is 0 Å². The second kappa shape index (κ2) is 6.13. The highest BCUT2D eigenvalue weighted by atomic mass is 19.4. The molecule has 0 amide bonds. The Hall–Kier alpha value is -0.880. The molecule has 24 heavy (non-hydrogen) atoms. The number of carbonyl (C=O) groups is 1. The first-order chi connectivity index (χ1) is 11.1. The van der Waals surface area contributed by atoms with E-state index in [0.717, 1.165) is 19.3 Å². The van der Waals surface area contributed by atoms with Crippen molar-refractivity contribution in [1.29, 1.82) is 0 Å². The summed E-state index contributed by atoms with van der Waals surface area (Å²) in [5, 5.41) is 0. The highest BCUT2D eigenvalue weighted by Crippen LogP contribution is 2.60. The van der Waals surface area contributed by atoms with Gasteiger partial charge in [0.1, 0.15) is 0 Å². The van der Waals surface area contributed by atoms with Crippen LogP contribution < -0.4 is 0 Å². The van der Waals surface area contributed by atoms with Gasteiger partial charge in [-0.15, -0.1) is 0 Å². The highest BCUT2D eigenvalue weighted by molar-refractivity contribution is 5.77. The molecule has 0 heterocycles. The summed E-state index contributed by atoms with van der Waals surface area (Å²) in [5.41, 5.74) is -0.174. The van der Waals surface area contributed by atoms with Crippen LogP contribution in [0.1, 0.15) is 57.8 Å². The molecule has 7 heteroatoms. The SMILES string of the molecule is O=C(OCC12CC3CC(CC(C3)C1)C2)C(F)(F)CCCC(F)(F)F. The van der Waals surface area contributed by atoms with Crippen LogP contribution in [-0.2, 0) is 9.53 Å². The van der Waals surface area contributed by atoms with Crippen LogP contribution in [0.5, 0.6) is 0 Å². The van der Waals surface area contributed by atoms with Crippen molar-refractivity contribution in [2.45, 2.75) is 69.9 Å². The predicted molar refractivity (Wildman–Crippen MR) is 76.4 cm³/mol. The van der Waals surface area contributed by atoms with E-state index in [0.29, 0.717) is 17.8 Å². The van der Waals surface area contributed by atoms with E-state index in [2.05, 4.69) is 0 Å². The van der Waals surface area contributed by atoms with Gasteiger partial charge in [0, 0.05) is 18.3 Å². The Morgan fingerprint density at radius 3 is 1.88 bits per heavy atom. The lowest BCUT2D eigenvalue weighted by Crippen LogP contribution is -2.49. The van der Waals surface area contributed by atoms with E-state index in [-0.39, 0.29) is 12.0 Å². The fourth-order valence-corrected chi connectivity index (χ4v) is 5.40. The van der Waals surface area contributed by atoms with E-state index in [9.17, 15) is 26.7 Å². The summed E-state index contributed by atoms with van der Waals surface area (Å²) in [7, 11) is 0. The first-order valence-corrected chi connectivity index (χ1v) is 8.69. The van der Waals surface area contributed by atoms with Gasteiger partial charge in [0.15, 0.2) is 0 Å². The standard InChI is InChI=1S/C17H23F5O2/c18-16(19,2-1-3-17(20,21)22)14(23)24-10-15-7-11-4-12(8-15)6-13(5-11)9-15/h11-13H,1-10H2. The number of esters is 1. The number of halogens is 5. The summed E-state index contributed by atoms with van der Waals surface area (Å²) >= 11 is 0. The molecule has 0 saturated heterocycles. The minimum atomic E-state index is -4.49. The zero-order valence-corrected chi connectivity index (χ0v) is 13.5. The average molecular weight is 354 g/mol. The van der Waals surface area contributed by atoms with Crippen LogP contribution >= 0.6 is 0 Å². The van der Waals surface area contributed by atoms with Crippen LogP contribution in [0.3, 0.4) is 0 Å². The zero-order valence-electron chi connectivity index (χ0n) is 13.5. The highest BCUT2D eigenvalue weighted by Gasteiger charge is 2.52. The van der Waals surface area contributed by atoms with Crippen LogP contribution in [0.4, 0.5) is 22.0 Å². The molecule has 138 valence electrons. The molecular weight excluding hydrogens is 331 g/mol. The monoisotopic (exact) mass is 354 g/mol. The first-order valence-electron chi connectivity index (χ1n) is 8.69. The van der Waals surface area contributed by atoms with E-state index in [1.165, 1.54) is 19.3 Å². The van der Waals surface area contributed by atoms with Crippen molar-refractivity contribution in [1.82, 2.24) is 0 Å². The van der Waals surface area contributed by atoms with Gasteiger partial charge in [-0.25, -0.2) is 4.79 Å². The second-order valence-electron chi connectivity index (χ2n) is 8.17. The molecule has 4 saturated carbocycles. The summed E-state index contributed by atoms with van der Waals surface area (Å²) in [4.78, 5) is 11.7. The Bertz CT molecular complexity index is 451. The molecule has 2 nitrogen and oxygen atoms in total. The van der Waals surface area contributed by atoms with Crippen LogP contribution in [0, 0.1) is 23.2 Å². The summed E-state index contributed by atoms with van der Waals surface area (Å²) in [6, 6.07) is 0. The summed E-state index contributed by atoms with van der Waals surface area (Å²) in [6.07, 6.45) is -1.34. The number of carbonyl (C=O) groups excluding carboxylic acids is 1. The Morgan fingerprint density at radius 2 is 1.42 bits per heavy atom. The molecule has 4 rings (SSSR count). The maximum absolute atomic E-state index is 13.7. The van der Waals surface area contributed by atoms with E-state index in [1.54, 1.807) is 0 Å². The molecule has 0 N–H and O–H groups in total. The minimum absolute atomic E-state index is 0.00973. The largest absolute Gasteiger partial charge is 0.461 e. The van der Waals surface area contributed by atoms with Gasteiger partial charge >= 0.3 is 18.1 Å². The molecular formula is C17H23F5O2. The van der Waals surface area contributed by atoms with Crippen LogP contribution in [0.2, 0.25) is 0 Å². The lowest BCUT2D eigenvalue weighted by molar-refractivity contribution is -0.184. The molecule has 0 aromatic rings. The summed E-state index contributed by atoms with van der Waals surface area (Å²) in [6.45, 7) is -0.00973. The molecule has 4 aliphatic rings. The van der Waals surface area contributed by atoms with Crippen molar-refractivity contribution in [3.8, 4) is 0 Å². The Balaban J connectivity index is 1.50. The predicted octanol–water partition coefficient (Wildman–Crippen LogP) is 5.11. The molecule has 4 aliphatic carbocycles. The average Bonchev–Trinajstić information content (AvgIpc) is 2.41. The molecule has 0 unspecified atom stereocenters. The topological polar surface area (TPSA) is 26.3 Å². The number of ether oxygens (including phenoxy) is 1. The van der Waals surface area contributed by atoms with Gasteiger partial charge in [0.2, 0.25) is 0 Å². The fraction of sp³-hybridized carbons (Fsp3) is 0.941. The number of rotatable bonds is 6. The van der Waals surface area contributed by atoms with Gasteiger partial charge in [-0.05, 0) is 62.7 Å². The van der Waals surface area contributed by atoms with Crippen molar-refractivity contribution < 1.29 is 31.5 Å². The van der Waals surface area contributed by atoms with Gasteiger partial charge in [-0.2, -0.15) is 22.0 Å². The van der Waals surface area contributed by atoms with Gasteiger partial charge in [-0.3, -0.25) is 0 Å². The third-order valence-electron chi connectivity index (χ3n) is 5.92. The maximum Gasteiger partial charge on any atom is 0.389 e. The van der Waals surface area contributed by atoms with Crippen LogP contribution in [0.25, 0.3) is 0 Å². The van der Waals surface area contributed by atoms with Gasteiger partial charge in [0.25, 0.3) is 0 Å². The Kier molecular flexibility index (Phi) is 4.58. The van der Waals surface area contributed by atoms with Crippen molar-refractivity contribution >= 4 is 5.97 Å². The fourth-order valence-electron chi connectivity index (χ4n) is 5.40. The lowest BCUT2D eigenvalue weighted by atomic mass is 9.50. The first kappa shape index (κ1) is 17.9. The normalized spacial score (nSPS) is 35.3. The minimum Gasteiger partial charge on any atom is -0.461 e. The number of alkyl halides is 5. The summed E-state index contributed by atoms with van der Waals surface area (Å²) < 4.78 is 68.4. The molecule has 0 atom stereocenters. The van der Waals surface area contributed by atoms with E-state index in [1.807, 2.05) is 0 Å². The van der Waals surface area contributed by atoms with Gasteiger partial charge in [-0.1, -0.05) is 0 Å². The second-order valence-corrected chi connectivity index (χ2v) is 8.17. The Labute approximate surface area is 138 Å². The maximum atomic E-state index is 13.7. The van der Waals surface area contributed by atoms with E-state index >= 15 is 0 Å². The van der Waals surface area contributed by atoms with Crippen molar-refractivity contribution in [3.05, 3.63) is 0 Å². The molecule has 0 aliphatic heterocycles. The Morgan fingerprint density at radius 1 is 0.917 bits per heavy atom. The quantitative estimate of drug-likeness (QED) is 0.489. The zero-order chi connectivity index (χ0) is 17.6. The molecule has 4 fully saturated rings. The smallest absolute Gasteiger partial charge is 0.389 e. The molecule has 0 aromatic carbocycles. The van der Waals surface area contributed by atoms with Crippen molar-refractivity contribution in [2.75, 3.05) is 6.61 Å². The van der Waals surface area contributed by atoms with Gasteiger partial charge < -0.3 is 4.74 Å². The molecule has 0 radical (unpaired) electrons. The summed E-state index contributed by atoms with van der Waals surface area (Å²) in [5.74, 6) is -3.67. The third-order valence-corrected chi connectivity index (χ3v) is 5.92. The lowest BCUT2D eigenvalue weighted by Gasteiger charge is -2.56. The van der Waals surface area contributed by atoms with E-state index < -0.39 is 37.3 Å². The van der Waals surface area contributed by atoms with Crippen molar-refractivity contribution in [3.63, 3.8) is 0 Å². The molecule has 4 bridgehead atoms. The van der Waals surface area contributed by atoms with Crippen LogP contribution in [-0.4, -0.2) is 24.7 Å². The number of hydrogen-bond acceptors (Lipinski definition) is 2. The van der Waals surface area contributed by atoms with Crippen molar-refractivity contribution in [2.24, 2.45) is 23.2 Å². The third kappa shape index (κ3) is 4.02. The molecule has 0 aromatic heterocycles.